The summed E-state index contributed by atoms with van der Waals surface area (Å²) < 4.78 is 5.17. The summed E-state index contributed by atoms with van der Waals surface area (Å²) in [6.07, 6.45) is 13.8. The van der Waals surface area contributed by atoms with Gasteiger partial charge < -0.3 is 4.74 Å². The summed E-state index contributed by atoms with van der Waals surface area (Å²) >= 11 is 0. The normalized spacial score (nSPS) is 49.3. The highest BCUT2D eigenvalue weighted by Gasteiger charge is 2.60. The second kappa shape index (κ2) is 6.95. The van der Waals surface area contributed by atoms with Crippen molar-refractivity contribution < 1.29 is 14.3 Å². The fourth-order valence-electron chi connectivity index (χ4n) is 8.98. The number of fused-ring (bicyclic) bond motifs is 5. The molecular formula is C26H38O3. The van der Waals surface area contributed by atoms with Gasteiger partial charge in [-0.3, -0.25) is 4.79 Å². The Morgan fingerprint density at radius 1 is 0.966 bits per heavy atom. The largest absolute Gasteiger partial charge is 0.462 e. The van der Waals surface area contributed by atoms with Gasteiger partial charge in [0.25, 0.3) is 0 Å². The van der Waals surface area contributed by atoms with Gasteiger partial charge in [-0.2, -0.15) is 0 Å². The number of ketones is 1. The van der Waals surface area contributed by atoms with Crippen molar-refractivity contribution in [3.8, 4) is 0 Å². The lowest BCUT2D eigenvalue weighted by atomic mass is 9.44. The van der Waals surface area contributed by atoms with Crippen molar-refractivity contribution in [2.24, 2.45) is 46.3 Å². The first kappa shape index (κ1) is 19.8. The van der Waals surface area contributed by atoms with Crippen LogP contribution < -0.4 is 0 Å². The number of cyclic esters (lactones) is 1. The predicted octanol–water partition coefficient (Wildman–Crippen LogP) is 5.72. The fourth-order valence-corrected chi connectivity index (χ4v) is 8.98. The van der Waals surface area contributed by atoms with Crippen molar-refractivity contribution in [2.45, 2.75) is 85.0 Å². The van der Waals surface area contributed by atoms with Crippen LogP contribution in [0.5, 0.6) is 0 Å². The number of carbonyl (C=O) groups is 2. The van der Waals surface area contributed by atoms with Crippen LogP contribution in [-0.4, -0.2) is 18.4 Å². The summed E-state index contributed by atoms with van der Waals surface area (Å²) in [6, 6.07) is 0. The number of Topliss-reactive ketones (excluding diaryl/α,β-unsaturated/α-hetero) is 1. The Morgan fingerprint density at radius 3 is 2.52 bits per heavy atom. The van der Waals surface area contributed by atoms with E-state index in [1.165, 1.54) is 38.5 Å². The minimum absolute atomic E-state index is 0.0849. The van der Waals surface area contributed by atoms with E-state index < -0.39 is 0 Å². The molecule has 8 atom stereocenters. The number of carbonyl (C=O) groups excluding carboxylic acids is 2. The summed E-state index contributed by atoms with van der Waals surface area (Å²) in [4.78, 5) is 24.1. The maximum atomic E-state index is 12.1. The molecular weight excluding hydrogens is 360 g/mol. The minimum atomic E-state index is -0.0849. The summed E-state index contributed by atoms with van der Waals surface area (Å²) in [5.74, 6) is 4.73. The third kappa shape index (κ3) is 2.97. The molecule has 160 valence electrons. The second-order valence-corrected chi connectivity index (χ2v) is 11.6. The fraction of sp³-hybridized carbons (Fsp3) is 0.846. The van der Waals surface area contributed by atoms with Gasteiger partial charge in [0, 0.05) is 24.8 Å². The SMILES string of the molecule is C[C@H](C=C1CCOC1=O)[C@H]1CCC2C3CC[C@H]4CC(=O)CC[C@]4(C)C3CC[C@@]21C. The molecule has 0 radical (unpaired) electrons. The number of esters is 1. The van der Waals surface area contributed by atoms with Crippen LogP contribution in [0.1, 0.15) is 85.0 Å². The molecule has 3 nitrogen and oxygen atoms in total. The third-order valence-corrected chi connectivity index (χ3v) is 10.5. The Morgan fingerprint density at radius 2 is 1.76 bits per heavy atom. The van der Waals surface area contributed by atoms with Gasteiger partial charge >= 0.3 is 5.97 Å². The molecule has 0 aromatic carbocycles. The van der Waals surface area contributed by atoms with Crippen LogP contribution in [0.2, 0.25) is 0 Å². The first-order valence-corrected chi connectivity index (χ1v) is 12.2. The molecule has 4 aliphatic carbocycles. The van der Waals surface area contributed by atoms with E-state index in [2.05, 4.69) is 26.8 Å². The second-order valence-electron chi connectivity index (χ2n) is 11.6. The molecule has 5 rings (SSSR count). The Hall–Kier alpha value is -1.12. The van der Waals surface area contributed by atoms with Crippen molar-refractivity contribution >= 4 is 11.8 Å². The molecule has 5 fully saturated rings. The summed E-state index contributed by atoms with van der Waals surface area (Å²) in [7, 11) is 0. The molecule has 3 unspecified atom stereocenters. The number of hydrogen-bond donors (Lipinski definition) is 0. The molecule has 4 saturated carbocycles. The van der Waals surface area contributed by atoms with Crippen molar-refractivity contribution in [1.82, 2.24) is 0 Å². The molecule has 1 aliphatic heterocycles. The minimum Gasteiger partial charge on any atom is -0.462 e. The van der Waals surface area contributed by atoms with Crippen LogP contribution in [0.4, 0.5) is 0 Å². The van der Waals surface area contributed by atoms with Crippen molar-refractivity contribution in [1.29, 1.82) is 0 Å². The average molecular weight is 399 g/mol. The molecule has 0 amide bonds. The number of allylic oxidation sites excluding steroid dienone is 1. The molecule has 3 heteroatoms. The van der Waals surface area contributed by atoms with Crippen LogP contribution in [-0.2, 0) is 14.3 Å². The van der Waals surface area contributed by atoms with E-state index in [4.69, 9.17) is 4.74 Å². The molecule has 1 heterocycles. The van der Waals surface area contributed by atoms with E-state index in [1.807, 2.05) is 0 Å². The number of hydrogen-bond acceptors (Lipinski definition) is 3. The molecule has 0 N–H and O–H groups in total. The Balaban J connectivity index is 1.37. The lowest BCUT2D eigenvalue weighted by Crippen LogP contribution is -2.53. The summed E-state index contributed by atoms with van der Waals surface area (Å²) in [6.45, 7) is 8.02. The van der Waals surface area contributed by atoms with Gasteiger partial charge in [0.15, 0.2) is 0 Å². The van der Waals surface area contributed by atoms with Gasteiger partial charge in [-0.1, -0.05) is 26.8 Å². The van der Waals surface area contributed by atoms with Crippen molar-refractivity contribution in [3.05, 3.63) is 11.6 Å². The highest BCUT2D eigenvalue weighted by Crippen LogP contribution is 2.68. The quantitative estimate of drug-likeness (QED) is 0.441. The van der Waals surface area contributed by atoms with E-state index >= 15 is 0 Å². The molecule has 0 aromatic rings. The first-order chi connectivity index (χ1) is 13.8. The predicted molar refractivity (Wildman–Crippen MR) is 113 cm³/mol. The topological polar surface area (TPSA) is 43.4 Å². The van der Waals surface area contributed by atoms with Crippen LogP contribution in [0.25, 0.3) is 0 Å². The summed E-state index contributed by atoms with van der Waals surface area (Å²) in [5, 5.41) is 0. The van der Waals surface area contributed by atoms with Gasteiger partial charge in [0.1, 0.15) is 5.78 Å². The average Bonchev–Trinajstić information content (AvgIpc) is 3.25. The van der Waals surface area contributed by atoms with Gasteiger partial charge in [-0.15, -0.1) is 0 Å². The highest BCUT2D eigenvalue weighted by molar-refractivity contribution is 5.90. The van der Waals surface area contributed by atoms with E-state index in [0.29, 0.717) is 41.0 Å². The first-order valence-electron chi connectivity index (χ1n) is 12.2. The van der Waals surface area contributed by atoms with Crippen LogP contribution in [0.15, 0.2) is 11.6 Å². The van der Waals surface area contributed by atoms with E-state index in [9.17, 15) is 9.59 Å². The van der Waals surface area contributed by atoms with Gasteiger partial charge in [-0.05, 0) is 91.3 Å². The van der Waals surface area contributed by atoms with Crippen molar-refractivity contribution in [2.75, 3.05) is 6.61 Å². The van der Waals surface area contributed by atoms with Gasteiger partial charge in [-0.25, -0.2) is 4.79 Å². The molecule has 0 aromatic heterocycles. The Bertz CT molecular complexity index is 738. The summed E-state index contributed by atoms with van der Waals surface area (Å²) in [5.41, 5.74) is 1.73. The number of rotatable bonds is 2. The van der Waals surface area contributed by atoms with E-state index in [0.717, 1.165) is 49.0 Å². The zero-order chi connectivity index (χ0) is 20.4. The standard InChI is InChI=1S/C26H38O3/c1-16(14-17-10-13-29-24(17)28)21-6-7-22-20-5-4-18-15-19(27)8-11-25(18,2)23(20)9-12-26(21,22)3/h14,16,18,20-23H,4-13,15H2,1-3H3/t16-,18+,20?,21-,22?,23?,25+,26-/m1/s1. The number of ether oxygens (including phenoxy) is 1. The van der Waals surface area contributed by atoms with Crippen LogP contribution in [0.3, 0.4) is 0 Å². The third-order valence-electron chi connectivity index (χ3n) is 10.5. The maximum Gasteiger partial charge on any atom is 0.333 e. The Labute approximate surface area is 176 Å². The van der Waals surface area contributed by atoms with Crippen LogP contribution in [0, 0.1) is 46.3 Å². The lowest BCUT2D eigenvalue weighted by molar-refractivity contribution is -0.140. The van der Waals surface area contributed by atoms with Gasteiger partial charge in [0.05, 0.1) is 6.61 Å². The van der Waals surface area contributed by atoms with E-state index in [-0.39, 0.29) is 5.97 Å². The molecule has 29 heavy (non-hydrogen) atoms. The molecule has 0 bridgehead atoms. The van der Waals surface area contributed by atoms with E-state index in [1.54, 1.807) is 0 Å². The van der Waals surface area contributed by atoms with Crippen LogP contribution >= 0.6 is 0 Å². The lowest BCUT2D eigenvalue weighted by Gasteiger charge is -2.60. The smallest absolute Gasteiger partial charge is 0.333 e. The zero-order valence-electron chi connectivity index (χ0n) is 18.5. The monoisotopic (exact) mass is 398 g/mol. The van der Waals surface area contributed by atoms with Crippen molar-refractivity contribution in [3.63, 3.8) is 0 Å². The Kier molecular flexibility index (Phi) is 4.75. The molecule has 5 aliphatic rings. The zero-order valence-corrected chi connectivity index (χ0v) is 18.5. The molecule has 0 spiro atoms. The highest BCUT2D eigenvalue weighted by atomic mass is 16.5. The van der Waals surface area contributed by atoms with Gasteiger partial charge in [0.2, 0.25) is 0 Å². The molecule has 1 saturated heterocycles. The maximum absolute atomic E-state index is 12.1.